The molecule has 110 valence electrons. The van der Waals surface area contributed by atoms with E-state index in [0.29, 0.717) is 24.3 Å². The van der Waals surface area contributed by atoms with Crippen molar-refractivity contribution in [2.75, 3.05) is 0 Å². The first-order chi connectivity index (χ1) is 9.65. The van der Waals surface area contributed by atoms with Crippen molar-refractivity contribution in [1.82, 2.24) is 18.7 Å². The monoisotopic (exact) mass is 278 g/mol. The number of imidazole rings is 1. The van der Waals surface area contributed by atoms with E-state index in [1.807, 2.05) is 18.4 Å². The van der Waals surface area contributed by atoms with Gasteiger partial charge in [-0.05, 0) is 19.3 Å². The maximum atomic E-state index is 12.5. The lowest BCUT2D eigenvalue weighted by Gasteiger charge is -2.11. The molecule has 0 aromatic carbocycles. The molecule has 0 N–H and O–H groups in total. The predicted molar refractivity (Wildman–Crippen MR) is 79.1 cm³/mol. The van der Waals surface area contributed by atoms with Gasteiger partial charge in [0.25, 0.3) is 5.56 Å². The predicted octanol–water partition coefficient (Wildman–Crippen LogP) is 1.59. The Morgan fingerprint density at radius 3 is 2.15 bits per heavy atom. The summed E-state index contributed by atoms with van der Waals surface area (Å²) in [6, 6.07) is 0. The summed E-state index contributed by atoms with van der Waals surface area (Å²) in [6.45, 7) is 7.80. The smallest absolute Gasteiger partial charge is 0.325 e. The van der Waals surface area contributed by atoms with Gasteiger partial charge >= 0.3 is 5.69 Å². The lowest BCUT2D eigenvalue weighted by molar-refractivity contribution is 0.553. The number of nitrogens with zero attached hydrogens (tertiary/aromatic N) is 4. The molecule has 2 aromatic rings. The van der Waals surface area contributed by atoms with Gasteiger partial charge in [0, 0.05) is 19.6 Å². The maximum Gasteiger partial charge on any atom is 0.332 e. The first-order valence-corrected chi connectivity index (χ1v) is 7.34. The minimum absolute atomic E-state index is 0.217. The maximum absolute atomic E-state index is 12.5. The molecule has 2 aromatic heterocycles. The van der Waals surface area contributed by atoms with Crippen molar-refractivity contribution < 1.29 is 0 Å². The Morgan fingerprint density at radius 2 is 1.55 bits per heavy atom. The van der Waals surface area contributed by atoms with E-state index in [1.54, 1.807) is 10.9 Å². The van der Waals surface area contributed by atoms with Crippen molar-refractivity contribution >= 4 is 11.2 Å². The Kier molecular flexibility index (Phi) is 4.42. The molecule has 0 radical (unpaired) electrons. The zero-order chi connectivity index (χ0) is 14.7. The van der Waals surface area contributed by atoms with Gasteiger partial charge in [-0.2, -0.15) is 0 Å². The van der Waals surface area contributed by atoms with E-state index in [9.17, 15) is 9.59 Å². The summed E-state index contributed by atoms with van der Waals surface area (Å²) < 4.78 is 4.82. The molecule has 0 unspecified atom stereocenters. The molecule has 0 saturated carbocycles. The van der Waals surface area contributed by atoms with Gasteiger partial charge in [0.05, 0.1) is 6.33 Å². The molecule has 2 rings (SSSR count). The van der Waals surface area contributed by atoms with E-state index >= 15 is 0 Å². The summed E-state index contributed by atoms with van der Waals surface area (Å²) in [5.74, 6) is 0. The number of fused-ring (bicyclic) bond motifs is 1. The van der Waals surface area contributed by atoms with Crippen LogP contribution >= 0.6 is 0 Å². The van der Waals surface area contributed by atoms with E-state index in [4.69, 9.17) is 0 Å². The molecule has 0 aliphatic heterocycles. The number of hydrogen-bond acceptors (Lipinski definition) is 3. The van der Waals surface area contributed by atoms with Gasteiger partial charge in [0.15, 0.2) is 11.2 Å². The average molecular weight is 278 g/mol. The topological polar surface area (TPSA) is 61.8 Å². The summed E-state index contributed by atoms with van der Waals surface area (Å²) in [4.78, 5) is 29.3. The minimum atomic E-state index is -0.243. The highest BCUT2D eigenvalue weighted by Crippen LogP contribution is 2.08. The molecule has 0 atom stereocenters. The van der Waals surface area contributed by atoms with Crippen LogP contribution in [0.5, 0.6) is 0 Å². The second-order valence-electron chi connectivity index (χ2n) is 5.00. The van der Waals surface area contributed by atoms with Gasteiger partial charge in [-0.1, -0.05) is 20.8 Å². The van der Waals surface area contributed by atoms with Crippen LogP contribution in [0.15, 0.2) is 15.9 Å². The SMILES string of the molecule is CCCn1c(=O)c2c(ncn2CCC)n(CCC)c1=O. The Hall–Kier alpha value is -1.85. The van der Waals surface area contributed by atoms with Crippen molar-refractivity contribution in [3.8, 4) is 0 Å². The summed E-state index contributed by atoms with van der Waals surface area (Å²) >= 11 is 0. The number of aryl methyl sites for hydroxylation is 2. The Balaban J connectivity index is 2.82. The van der Waals surface area contributed by atoms with Crippen molar-refractivity contribution in [2.45, 2.75) is 59.7 Å². The van der Waals surface area contributed by atoms with Gasteiger partial charge < -0.3 is 4.57 Å². The standard InChI is InChI=1S/C14H22N4O2/c1-4-7-16-10-15-12-11(16)13(19)18(9-6-3)14(20)17(12)8-5-2/h10H,4-9H2,1-3H3. The zero-order valence-corrected chi connectivity index (χ0v) is 12.4. The Morgan fingerprint density at radius 1 is 0.950 bits per heavy atom. The zero-order valence-electron chi connectivity index (χ0n) is 12.4. The molecule has 0 amide bonds. The number of aromatic nitrogens is 4. The lowest BCUT2D eigenvalue weighted by Crippen LogP contribution is -2.40. The summed E-state index contributed by atoms with van der Waals surface area (Å²) in [7, 11) is 0. The molecule has 0 spiro atoms. The van der Waals surface area contributed by atoms with Crippen LogP contribution in [0.4, 0.5) is 0 Å². The molecule has 6 nitrogen and oxygen atoms in total. The van der Waals surface area contributed by atoms with E-state index in [0.717, 1.165) is 25.8 Å². The largest absolute Gasteiger partial charge is 0.332 e. The third-order valence-corrected chi connectivity index (χ3v) is 3.34. The number of rotatable bonds is 6. The average Bonchev–Trinajstić information content (AvgIpc) is 2.84. The van der Waals surface area contributed by atoms with Crippen LogP contribution in [0.2, 0.25) is 0 Å². The fraction of sp³-hybridized carbons (Fsp3) is 0.643. The van der Waals surface area contributed by atoms with Crippen LogP contribution in [-0.4, -0.2) is 18.7 Å². The van der Waals surface area contributed by atoms with E-state index < -0.39 is 0 Å². The quantitative estimate of drug-likeness (QED) is 0.806. The summed E-state index contributed by atoms with van der Waals surface area (Å²) in [5, 5.41) is 0. The highest BCUT2D eigenvalue weighted by Gasteiger charge is 2.16. The second-order valence-corrected chi connectivity index (χ2v) is 5.00. The Labute approximate surface area is 117 Å². The highest BCUT2D eigenvalue weighted by molar-refractivity contribution is 5.70. The second kappa shape index (κ2) is 6.07. The van der Waals surface area contributed by atoms with Gasteiger partial charge in [-0.15, -0.1) is 0 Å². The van der Waals surface area contributed by atoms with Crippen LogP contribution in [0.3, 0.4) is 0 Å². The van der Waals surface area contributed by atoms with Crippen LogP contribution in [-0.2, 0) is 19.6 Å². The molecule has 0 bridgehead atoms. The van der Waals surface area contributed by atoms with Crippen molar-refractivity contribution in [1.29, 1.82) is 0 Å². The van der Waals surface area contributed by atoms with Crippen LogP contribution in [0.25, 0.3) is 11.2 Å². The van der Waals surface area contributed by atoms with Crippen LogP contribution < -0.4 is 11.2 Å². The van der Waals surface area contributed by atoms with Crippen LogP contribution in [0.1, 0.15) is 40.0 Å². The molecular weight excluding hydrogens is 256 g/mol. The molecule has 0 saturated heterocycles. The van der Waals surface area contributed by atoms with Crippen molar-refractivity contribution in [2.24, 2.45) is 0 Å². The van der Waals surface area contributed by atoms with Crippen LogP contribution in [0, 0.1) is 0 Å². The highest BCUT2D eigenvalue weighted by atomic mass is 16.2. The molecule has 0 aliphatic carbocycles. The lowest BCUT2D eigenvalue weighted by atomic mass is 10.4. The molecule has 0 aliphatic rings. The van der Waals surface area contributed by atoms with Crippen molar-refractivity contribution in [3.05, 3.63) is 27.2 Å². The Bertz CT molecular complexity index is 708. The molecular formula is C14H22N4O2. The van der Waals surface area contributed by atoms with Gasteiger partial charge in [0.1, 0.15) is 0 Å². The fourth-order valence-corrected chi connectivity index (χ4v) is 2.50. The van der Waals surface area contributed by atoms with Gasteiger partial charge in [-0.25, -0.2) is 9.78 Å². The van der Waals surface area contributed by atoms with E-state index in [2.05, 4.69) is 11.9 Å². The third-order valence-electron chi connectivity index (χ3n) is 3.34. The van der Waals surface area contributed by atoms with Crippen molar-refractivity contribution in [3.63, 3.8) is 0 Å². The number of hydrogen-bond donors (Lipinski definition) is 0. The fourth-order valence-electron chi connectivity index (χ4n) is 2.50. The normalized spacial score (nSPS) is 11.3. The molecule has 20 heavy (non-hydrogen) atoms. The van der Waals surface area contributed by atoms with E-state index in [-0.39, 0.29) is 11.2 Å². The molecule has 6 heteroatoms. The molecule has 2 heterocycles. The third kappa shape index (κ3) is 2.30. The summed E-state index contributed by atoms with van der Waals surface area (Å²) in [6.07, 6.45) is 4.18. The first-order valence-electron chi connectivity index (χ1n) is 7.34. The first kappa shape index (κ1) is 14.6. The van der Waals surface area contributed by atoms with Gasteiger partial charge in [0.2, 0.25) is 0 Å². The van der Waals surface area contributed by atoms with E-state index in [1.165, 1.54) is 4.57 Å². The summed E-state index contributed by atoms with van der Waals surface area (Å²) in [5.41, 5.74) is 0.606. The minimum Gasteiger partial charge on any atom is -0.325 e. The van der Waals surface area contributed by atoms with Gasteiger partial charge in [-0.3, -0.25) is 13.9 Å². The molecule has 0 fully saturated rings.